The lowest BCUT2D eigenvalue weighted by Gasteiger charge is -2.14. The summed E-state index contributed by atoms with van der Waals surface area (Å²) in [6, 6.07) is 8.69. The molecule has 21 heavy (non-hydrogen) atoms. The molecule has 0 aliphatic rings. The second kappa shape index (κ2) is 6.90. The van der Waals surface area contributed by atoms with Crippen LogP contribution in [0.15, 0.2) is 30.5 Å². The first-order valence-electron chi connectivity index (χ1n) is 7.84. The Morgan fingerprint density at radius 1 is 1.14 bits per heavy atom. The number of nitrogens with zero attached hydrogens (tertiary/aromatic N) is 2. The Balaban J connectivity index is 2.12. The van der Waals surface area contributed by atoms with E-state index in [2.05, 4.69) is 44.1 Å². The highest BCUT2D eigenvalue weighted by atomic mass is 16.3. The second-order valence-electron chi connectivity index (χ2n) is 5.84. The van der Waals surface area contributed by atoms with E-state index < -0.39 is 6.10 Å². The van der Waals surface area contributed by atoms with Crippen molar-refractivity contribution in [1.29, 1.82) is 0 Å². The zero-order valence-electron chi connectivity index (χ0n) is 13.5. The van der Waals surface area contributed by atoms with E-state index in [0.29, 0.717) is 12.5 Å². The third kappa shape index (κ3) is 3.73. The molecular weight excluding hydrogens is 260 g/mol. The summed E-state index contributed by atoms with van der Waals surface area (Å²) in [5, 5.41) is 15.1. The molecule has 1 atom stereocenters. The highest BCUT2D eigenvalue weighted by Crippen LogP contribution is 2.23. The molecule has 2 aromatic rings. The molecule has 3 heteroatoms. The number of aryl methyl sites for hydroxylation is 2. The van der Waals surface area contributed by atoms with Crippen molar-refractivity contribution >= 4 is 0 Å². The standard InChI is InChI=1S/C18H26N2O/c1-5-16(6-2)20-10-9-15(19-20)12-18(21)17-11-13(3)7-8-14(17)4/h7-11,16,18,21H,5-6,12H2,1-4H3. The first-order chi connectivity index (χ1) is 10.0. The van der Waals surface area contributed by atoms with Gasteiger partial charge in [0.15, 0.2) is 0 Å². The number of rotatable bonds is 6. The Bertz CT molecular complexity index is 585. The summed E-state index contributed by atoms with van der Waals surface area (Å²) in [6.07, 6.45) is 4.27. The monoisotopic (exact) mass is 286 g/mol. The van der Waals surface area contributed by atoms with E-state index in [1.807, 2.05) is 23.9 Å². The maximum absolute atomic E-state index is 10.5. The van der Waals surface area contributed by atoms with Gasteiger partial charge in [-0.15, -0.1) is 0 Å². The molecule has 1 N–H and O–H groups in total. The summed E-state index contributed by atoms with van der Waals surface area (Å²) in [4.78, 5) is 0. The van der Waals surface area contributed by atoms with Gasteiger partial charge in [-0.05, 0) is 43.9 Å². The van der Waals surface area contributed by atoms with Crippen LogP contribution < -0.4 is 0 Å². The van der Waals surface area contributed by atoms with Crippen LogP contribution in [-0.2, 0) is 6.42 Å². The van der Waals surface area contributed by atoms with Crippen molar-refractivity contribution in [3.8, 4) is 0 Å². The molecule has 0 fully saturated rings. The van der Waals surface area contributed by atoms with Crippen molar-refractivity contribution in [3.63, 3.8) is 0 Å². The quantitative estimate of drug-likeness (QED) is 0.866. The summed E-state index contributed by atoms with van der Waals surface area (Å²) < 4.78 is 2.03. The first kappa shape index (κ1) is 15.8. The van der Waals surface area contributed by atoms with Crippen LogP contribution in [0.1, 0.15) is 61.2 Å². The normalized spacial score (nSPS) is 12.9. The minimum atomic E-state index is -0.491. The summed E-state index contributed by atoms with van der Waals surface area (Å²) in [5.41, 5.74) is 4.27. The predicted octanol–water partition coefficient (Wildman–Crippen LogP) is 4.14. The number of benzene rings is 1. The molecule has 0 aliphatic carbocycles. The van der Waals surface area contributed by atoms with Crippen LogP contribution in [0.3, 0.4) is 0 Å². The maximum atomic E-state index is 10.5. The number of hydrogen-bond donors (Lipinski definition) is 1. The largest absolute Gasteiger partial charge is 0.388 e. The third-order valence-electron chi connectivity index (χ3n) is 4.18. The van der Waals surface area contributed by atoms with Gasteiger partial charge < -0.3 is 5.11 Å². The average molecular weight is 286 g/mol. The van der Waals surface area contributed by atoms with E-state index in [-0.39, 0.29) is 0 Å². The molecule has 3 nitrogen and oxygen atoms in total. The van der Waals surface area contributed by atoms with Crippen molar-refractivity contribution < 1.29 is 5.11 Å². The Hall–Kier alpha value is -1.61. The van der Waals surface area contributed by atoms with Gasteiger partial charge in [0.25, 0.3) is 0 Å². The van der Waals surface area contributed by atoms with Crippen LogP contribution in [0, 0.1) is 13.8 Å². The molecule has 1 aromatic carbocycles. The number of aliphatic hydroxyl groups is 1. The summed E-state index contributed by atoms with van der Waals surface area (Å²) in [7, 11) is 0. The molecule has 0 bridgehead atoms. The number of aliphatic hydroxyl groups excluding tert-OH is 1. The topological polar surface area (TPSA) is 38.0 Å². The summed E-state index contributed by atoms with van der Waals surface area (Å²) >= 11 is 0. The van der Waals surface area contributed by atoms with E-state index >= 15 is 0 Å². The van der Waals surface area contributed by atoms with Crippen LogP contribution in [0.25, 0.3) is 0 Å². The van der Waals surface area contributed by atoms with E-state index in [0.717, 1.165) is 29.7 Å². The Morgan fingerprint density at radius 3 is 2.52 bits per heavy atom. The van der Waals surface area contributed by atoms with Gasteiger partial charge >= 0.3 is 0 Å². The molecule has 0 aliphatic heterocycles. The minimum Gasteiger partial charge on any atom is -0.388 e. The number of aromatic nitrogens is 2. The molecule has 0 spiro atoms. The van der Waals surface area contributed by atoms with Crippen molar-refractivity contribution in [2.75, 3.05) is 0 Å². The average Bonchev–Trinajstić information content (AvgIpc) is 2.91. The van der Waals surface area contributed by atoms with Crippen molar-refractivity contribution in [2.45, 2.75) is 59.1 Å². The molecule has 2 rings (SSSR count). The molecule has 0 amide bonds. The molecule has 1 aromatic heterocycles. The fraction of sp³-hybridized carbons (Fsp3) is 0.500. The Kier molecular flexibility index (Phi) is 5.18. The van der Waals surface area contributed by atoms with Gasteiger partial charge in [-0.1, -0.05) is 37.6 Å². The predicted molar refractivity (Wildman–Crippen MR) is 86.4 cm³/mol. The zero-order chi connectivity index (χ0) is 15.4. The lowest BCUT2D eigenvalue weighted by atomic mass is 9.98. The summed E-state index contributed by atoms with van der Waals surface area (Å²) in [5.74, 6) is 0. The molecule has 0 saturated heterocycles. The fourth-order valence-electron chi connectivity index (χ4n) is 2.78. The van der Waals surface area contributed by atoms with E-state index in [1.54, 1.807) is 0 Å². The van der Waals surface area contributed by atoms with Crippen LogP contribution in [-0.4, -0.2) is 14.9 Å². The molecule has 0 radical (unpaired) electrons. The van der Waals surface area contributed by atoms with Gasteiger partial charge in [-0.2, -0.15) is 5.10 Å². The van der Waals surface area contributed by atoms with Crippen molar-refractivity contribution in [1.82, 2.24) is 9.78 Å². The zero-order valence-corrected chi connectivity index (χ0v) is 13.5. The Morgan fingerprint density at radius 2 is 1.86 bits per heavy atom. The third-order valence-corrected chi connectivity index (χ3v) is 4.18. The molecule has 0 saturated carbocycles. The van der Waals surface area contributed by atoms with E-state index in [9.17, 15) is 5.11 Å². The van der Waals surface area contributed by atoms with Gasteiger partial charge in [0, 0.05) is 12.6 Å². The van der Waals surface area contributed by atoms with Gasteiger partial charge in [0.2, 0.25) is 0 Å². The highest BCUT2D eigenvalue weighted by molar-refractivity contribution is 5.32. The van der Waals surface area contributed by atoms with Crippen LogP contribution in [0.5, 0.6) is 0 Å². The van der Waals surface area contributed by atoms with Crippen LogP contribution in [0.4, 0.5) is 0 Å². The maximum Gasteiger partial charge on any atom is 0.0848 e. The Labute approximate surface area is 127 Å². The van der Waals surface area contributed by atoms with Crippen LogP contribution >= 0.6 is 0 Å². The SMILES string of the molecule is CCC(CC)n1ccc(CC(O)c2cc(C)ccc2C)n1. The van der Waals surface area contributed by atoms with Gasteiger partial charge in [-0.25, -0.2) is 0 Å². The number of hydrogen-bond acceptors (Lipinski definition) is 2. The first-order valence-corrected chi connectivity index (χ1v) is 7.84. The lowest BCUT2D eigenvalue weighted by Crippen LogP contribution is -2.09. The molecule has 114 valence electrons. The van der Waals surface area contributed by atoms with E-state index in [4.69, 9.17) is 0 Å². The van der Waals surface area contributed by atoms with E-state index in [1.165, 1.54) is 5.56 Å². The highest BCUT2D eigenvalue weighted by Gasteiger charge is 2.14. The molecule has 1 heterocycles. The van der Waals surface area contributed by atoms with Crippen molar-refractivity contribution in [2.24, 2.45) is 0 Å². The fourth-order valence-corrected chi connectivity index (χ4v) is 2.78. The molecule has 1 unspecified atom stereocenters. The lowest BCUT2D eigenvalue weighted by molar-refractivity contribution is 0.176. The van der Waals surface area contributed by atoms with Gasteiger partial charge in [0.05, 0.1) is 17.8 Å². The smallest absolute Gasteiger partial charge is 0.0848 e. The second-order valence-corrected chi connectivity index (χ2v) is 5.84. The minimum absolute atomic E-state index is 0.455. The molecular formula is C18H26N2O. The van der Waals surface area contributed by atoms with Gasteiger partial charge in [0.1, 0.15) is 0 Å². The van der Waals surface area contributed by atoms with Gasteiger partial charge in [-0.3, -0.25) is 4.68 Å². The summed E-state index contributed by atoms with van der Waals surface area (Å²) in [6.45, 7) is 8.46. The van der Waals surface area contributed by atoms with Crippen LogP contribution in [0.2, 0.25) is 0 Å². The van der Waals surface area contributed by atoms with Crippen molar-refractivity contribution in [3.05, 3.63) is 52.8 Å².